The highest BCUT2D eigenvalue weighted by Crippen LogP contribution is 2.42. The van der Waals surface area contributed by atoms with Crippen LogP contribution >= 0.6 is 11.3 Å². The van der Waals surface area contributed by atoms with Crippen molar-refractivity contribution in [3.05, 3.63) is 76.9 Å². The molecule has 1 aromatic heterocycles. The monoisotopic (exact) mass is 495 g/mol. The molecule has 0 aliphatic heterocycles. The largest absolute Gasteiger partial charge is 0.462 e. The number of halogens is 1. The van der Waals surface area contributed by atoms with Gasteiger partial charge in [0, 0.05) is 4.88 Å². The molecular weight excluding hydrogens is 469 g/mol. The summed E-state index contributed by atoms with van der Waals surface area (Å²) in [6.45, 7) is 1.39. The first-order valence-electron chi connectivity index (χ1n) is 11.5. The van der Waals surface area contributed by atoms with Crippen molar-refractivity contribution >= 4 is 34.9 Å². The van der Waals surface area contributed by atoms with E-state index in [4.69, 9.17) is 9.47 Å². The van der Waals surface area contributed by atoms with Crippen molar-refractivity contribution in [2.24, 2.45) is 0 Å². The quantitative estimate of drug-likeness (QED) is 0.404. The van der Waals surface area contributed by atoms with Crippen molar-refractivity contribution in [1.29, 1.82) is 0 Å². The molecular formula is C27H26FNO5S. The molecule has 35 heavy (non-hydrogen) atoms. The van der Waals surface area contributed by atoms with Gasteiger partial charge in [0.25, 0.3) is 5.91 Å². The predicted octanol–water partition coefficient (Wildman–Crippen LogP) is 5.72. The molecule has 182 valence electrons. The van der Waals surface area contributed by atoms with E-state index in [1.165, 1.54) is 23.5 Å². The van der Waals surface area contributed by atoms with Crippen LogP contribution < -0.4 is 5.32 Å². The minimum atomic E-state index is -0.957. The van der Waals surface area contributed by atoms with E-state index in [0.717, 1.165) is 23.3 Å². The summed E-state index contributed by atoms with van der Waals surface area (Å²) in [6.07, 6.45) is 2.71. The maximum absolute atomic E-state index is 13.8. The Morgan fingerprint density at radius 3 is 2.43 bits per heavy atom. The Kier molecular flexibility index (Phi) is 7.60. The summed E-state index contributed by atoms with van der Waals surface area (Å²) in [5.41, 5.74) is 0.805. The molecule has 0 spiro atoms. The van der Waals surface area contributed by atoms with E-state index in [-0.39, 0.29) is 11.5 Å². The average Bonchev–Trinajstić information content (AvgIpc) is 3.52. The van der Waals surface area contributed by atoms with Crippen LogP contribution in [0.3, 0.4) is 0 Å². The van der Waals surface area contributed by atoms with Gasteiger partial charge < -0.3 is 14.8 Å². The molecule has 1 fully saturated rings. The van der Waals surface area contributed by atoms with E-state index in [2.05, 4.69) is 5.32 Å². The number of carbonyl (C=O) groups excluding carboxylic acids is 3. The standard InChI is InChI=1S/C27H26FNO5S/c1-2-33-25(31)24-21(16-22(35-24)18-9-4-3-5-10-18)29-23(30)17-34-26(32)27(13-6-7-14-27)19-11-8-12-20(28)15-19/h3-5,8-12,15-16H,2,6-7,13-14,17H2,1H3,(H,29,30). The second-order valence-electron chi connectivity index (χ2n) is 8.36. The number of hydrogen-bond donors (Lipinski definition) is 1. The third-order valence-electron chi connectivity index (χ3n) is 6.08. The topological polar surface area (TPSA) is 81.7 Å². The molecule has 0 saturated heterocycles. The van der Waals surface area contributed by atoms with Crippen LogP contribution in [0.4, 0.5) is 10.1 Å². The lowest BCUT2D eigenvalue weighted by Crippen LogP contribution is -2.36. The van der Waals surface area contributed by atoms with E-state index < -0.39 is 35.7 Å². The van der Waals surface area contributed by atoms with Crippen molar-refractivity contribution in [2.75, 3.05) is 18.5 Å². The molecule has 1 aliphatic carbocycles. The van der Waals surface area contributed by atoms with Crippen LogP contribution in [-0.4, -0.2) is 31.1 Å². The predicted molar refractivity (Wildman–Crippen MR) is 132 cm³/mol. The number of nitrogens with one attached hydrogen (secondary N) is 1. The maximum atomic E-state index is 13.8. The molecule has 1 amide bonds. The van der Waals surface area contributed by atoms with Gasteiger partial charge in [-0.3, -0.25) is 9.59 Å². The maximum Gasteiger partial charge on any atom is 0.350 e. The lowest BCUT2D eigenvalue weighted by molar-refractivity contribution is -0.153. The minimum absolute atomic E-state index is 0.199. The number of rotatable bonds is 8. The Morgan fingerprint density at radius 2 is 1.74 bits per heavy atom. The van der Waals surface area contributed by atoms with Gasteiger partial charge in [-0.2, -0.15) is 0 Å². The molecule has 0 unspecified atom stereocenters. The molecule has 8 heteroatoms. The second kappa shape index (κ2) is 10.8. The number of anilines is 1. The fraction of sp³-hybridized carbons (Fsp3) is 0.296. The molecule has 1 heterocycles. The average molecular weight is 496 g/mol. The molecule has 0 atom stereocenters. The molecule has 1 aliphatic rings. The van der Waals surface area contributed by atoms with Crippen LogP contribution in [-0.2, 0) is 24.5 Å². The number of esters is 2. The van der Waals surface area contributed by atoms with E-state index in [9.17, 15) is 18.8 Å². The third kappa shape index (κ3) is 5.43. The van der Waals surface area contributed by atoms with Gasteiger partial charge in [0.1, 0.15) is 10.7 Å². The molecule has 2 aromatic carbocycles. The Labute approximate surface area is 207 Å². The van der Waals surface area contributed by atoms with Gasteiger partial charge in [-0.1, -0.05) is 55.3 Å². The summed E-state index contributed by atoms with van der Waals surface area (Å²) in [4.78, 5) is 39.3. The number of benzene rings is 2. The normalized spacial score (nSPS) is 14.3. The second-order valence-corrected chi connectivity index (χ2v) is 9.42. The number of thiophene rings is 1. The summed E-state index contributed by atoms with van der Waals surface area (Å²) >= 11 is 1.21. The van der Waals surface area contributed by atoms with Crippen molar-refractivity contribution in [3.63, 3.8) is 0 Å². The fourth-order valence-corrected chi connectivity index (χ4v) is 5.42. The third-order valence-corrected chi connectivity index (χ3v) is 7.25. The highest BCUT2D eigenvalue weighted by molar-refractivity contribution is 7.18. The zero-order valence-electron chi connectivity index (χ0n) is 19.3. The molecule has 1 N–H and O–H groups in total. The summed E-state index contributed by atoms with van der Waals surface area (Å²) in [5, 5.41) is 2.68. The van der Waals surface area contributed by atoms with Crippen LogP contribution in [0.5, 0.6) is 0 Å². The highest BCUT2D eigenvalue weighted by Gasteiger charge is 2.44. The molecule has 4 rings (SSSR count). The van der Waals surface area contributed by atoms with Crippen molar-refractivity contribution in [1.82, 2.24) is 0 Å². The first-order valence-corrected chi connectivity index (χ1v) is 12.3. The zero-order chi connectivity index (χ0) is 24.8. The Hall–Kier alpha value is -3.52. The van der Waals surface area contributed by atoms with Gasteiger partial charge >= 0.3 is 11.9 Å². The van der Waals surface area contributed by atoms with Gasteiger partial charge in [0.15, 0.2) is 6.61 Å². The first kappa shape index (κ1) is 24.6. The van der Waals surface area contributed by atoms with E-state index >= 15 is 0 Å². The van der Waals surface area contributed by atoms with Crippen LogP contribution in [0.25, 0.3) is 10.4 Å². The van der Waals surface area contributed by atoms with Crippen molar-refractivity contribution in [2.45, 2.75) is 38.0 Å². The molecule has 0 bridgehead atoms. The number of hydrogen-bond acceptors (Lipinski definition) is 6. The lowest BCUT2D eigenvalue weighted by Gasteiger charge is -2.27. The number of carbonyl (C=O) groups is 3. The number of amides is 1. The smallest absolute Gasteiger partial charge is 0.350 e. The number of ether oxygens (including phenoxy) is 2. The van der Waals surface area contributed by atoms with Gasteiger partial charge in [0.2, 0.25) is 0 Å². The van der Waals surface area contributed by atoms with E-state index in [1.807, 2.05) is 30.3 Å². The SMILES string of the molecule is CCOC(=O)c1sc(-c2ccccc2)cc1NC(=O)COC(=O)C1(c2cccc(F)c2)CCCC1. The molecule has 6 nitrogen and oxygen atoms in total. The van der Waals surface area contributed by atoms with Gasteiger partial charge in [-0.25, -0.2) is 9.18 Å². The van der Waals surface area contributed by atoms with Crippen LogP contribution in [0, 0.1) is 5.82 Å². The Bertz CT molecular complexity index is 1220. The summed E-state index contributed by atoms with van der Waals surface area (Å²) in [5.74, 6) is -2.08. The Morgan fingerprint density at radius 1 is 1.00 bits per heavy atom. The summed E-state index contributed by atoms with van der Waals surface area (Å²) in [6, 6.07) is 17.1. The van der Waals surface area contributed by atoms with E-state index in [0.29, 0.717) is 24.1 Å². The molecule has 1 saturated carbocycles. The fourth-order valence-electron chi connectivity index (χ4n) is 4.41. The first-order chi connectivity index (χ1) is 16.9. The van der Waals surface area contributed by atoms with Crippen LogP contribution in [0.1, 0.15) is 47.8 Å². The summed E-state index contributed by atoms with van der Waals surface area (Å²) < 4.78 is 24.4. The van der Waals surface area contributed by atoms with Crippen molar-refractivity contribution in [3.8, 4) is 10.4 Å². The lowest BCUT2D eigenvalue weighted by atomic mass is 9.79. The van der Waals surface area contributed by atoms with Gasteiger partial charge in [-0.05, 0) is 49.1 Å². The Balaban J connectivity index is 1.48. The van der Waals surface area contributed by atoms with Crippen LogP contribution in [0.15, 0.2) is 60.7 Å². The molecule has 3 aromatic rings. The summed E-state index contributed by atoms with van der Waals surface area (Å²) in [7, 11) is 0. The highest BCUT2D eigenvalue weighted by atomic mass is 32.1. The van der Waals surface area contributed by atoms with Crippen LogP contribution in [0.2, 0.25) is 0 Å². The van der Waals surface area contributed by atoms with Gasteiger partial charge in [-0.15, -0.1) is 11.3 Å². The van der Waals surface area contributed by atoms with Gasteiger partial charge in [0.05, 0.1) is 17.7 Å². The molecule has 0 radical (unpaired) electrons. The van der Waals surface area contributed by atoms with Crippen molar-refractivity contribution < 1.29 is 28.2 Å². The minimum Gasteiger partial charge on any atom is -0.462 e. The zero-order valence-corrected chi connectivity index (χ0v) is 20.2. The van der Waals surface area contributed by atoms with E-state index in [1.54, 1.807) is 25.1 Å².